The predicted octanol–water partition coefficient (Wildman–Crippen LogP) is 4.38. The van der Waals surface area contributed by atoms with E-state index in [4.69, 9.17) is 15.0 Å². The Kier molecular flexibility index (Phi) is 14.3. The molecule has 166 valence electrons. The van der Waals surface area contributed by atoms with Gasteiger partial charge in [-0.2, -0.15) is 0 Å². The molecule has 0 spiro atoms. The lowest BCUT2D eigenvalue weighted by Crippen LogP contribution is -2.26. The Morgan fingerprint density at radius 3 is 2.66 bits per heavy atom. The van der Waals surface area contributed by atoms with Crippen molar-refractivity contribution in [3.8, 4) is 0 Å². The van der Waals surface area contributed by atoms with E-state index >= 15 is 0 Å². The number of rotatable bonds is 15. The third-order valence-corrected chi connectivity index (χ3v) is 4.55. The summed E-state index contributed by atoms with van der Waals surface area (Å²) in [5.74, 6) is -0.205. The van der Waals surface area contributed by atoms with Gasteiger partial charge in [-0.25, -0.2) is 19.6 Å². The zero-order chi connectivity index (χ0) is 21.3. The Hall–Kier alpha value is -1.55. The van der Waals surface area contributed by atoms with Gasteiger partial charge in [-0.05, 0) is 19.3 Å². The molecular formula is C21H34O8. The lowest BCUT2D eigenvalue weighted by atomic mass is 10.0. The molecule has 0 bridgehead atoms. The first-order chi connectivity index (χ1) is 14.1. The van der Waals surface area contributed by atoms with E-state index in [0.29, 0.717) is 19.3 Å². The van der Waals surface area contributed by atoms with Gasteiger partial charge in [0.2, 0.25) is 0 Å². The molecule has 1 aliphatic rings. The zero-order valence-electron chi connectivity index (χ0n) is 17.3. The molecule has 0 aromatic heterocycles. The molecule has 2 N–H and O–H groups in total. The minimum absolute atomic E-state index is 0.205. The molecule has 1 rings (SSSR count). The largest absolute Gasteiger partial charge is 0.469 e. The van der Waals surface area contributed by atoms with Crippen molar-refractivity contribution in [2.45, 2.75) is 82.7 Å². The molecule has 0 aromatic carbocycles. The second-order valence-corrected chi connectivity index (χ2v) is 6.88. The van der Waals surface area contributed by atoms with Gasteiger partial charge in [0.15, 0.2) is 0 Å². The molecule has 8 nitrogen and oxygen atoms in total. The number of carbonyl (C=O) groups is 1. The maximum Gasteiger partial charge on any atom is 0.305 e. The first-order valence-electron chi connectivity index (χ1n) is 10.2. The van der Waals surface area contributed by atoms with Crippen molar-refractivity contribution in [2.24, 2.45) is 0 Å². The van der Waals surface area contributed by atoms with Gasteiger partial charge in [0.1, 0.15) is 24.4 Å². The molecule has 1 saturated heterocycles. The Bertz CT molecular complexity index is 517. The average molecular weight is 414 g/mol. The maximum absolute atomic E-state index is 11.0. The Morgan fingerprint density at radius 1 is 1.14 bits per heavy atom. The van der Waals surface area contributed by atoms with Crippen LogP contribution in [0.4, 0.5) is 0 Å². The maximum atomic E-state index is 11.0. The number of carbonyl (C=O) groups excluding carboxylic acids is 1. The Labute approximate surface area is 172 Å². The van der Waals surface area contributed by atoms with Crippen LogP contribution in [0.3, 0.4) is 0 Å². The third-order valence-electron chi connectivity index (χ3n) is 4.55. The van der Waals surface area contributed by atoms with Crippen LogP contribution in [0.1, 0.15) is 58.3 Å². The summed E-state index contributed by atoms with van der Waals surface area (Å²) in [7, 11) is 1.38. The van der Waals surface area contributed by atoms with E-state index in [-0.39, 0.29) is 12.1 Å². The van der Waals surface area contributed by atoms with Gasteiger partial charge in [0.05, 0.1) is 7.11 Å². The third kappa shape index (κ3) is 11.3. The number of methoxy groups -OCH3 is 1. The molecule has 1 heterocycles. The van der Waals surface area contributed by atoms with Crippen LogP contribution in [0.25, 0.3) is 0 Å². The van der Waals surface area contributed by atoms with Gasteiger partial charge >= 0.3 is 5.97 Å². The molecule has 0 radical (unpaired) electrons. The van der Waals surface area contributed by atoms with E-state index < -0.39 is 18.3 Å². The topological polar surface area (TPSA) is 104 Å². The van der Waals surface area contributed by atoms with Crippen LogP contribution in [0, 0.1) is 0 Å². The quantitative estimate of drug-likeness (QED) is 0.102. The minimum Gasteiger partial charge on any atom is -0.469 e. The summed E-state index contributed by atoms with van der Waals surface area (Å²) < 4.78 is 4.58. The number of ether oxygens (including phenoxy) is 1. The minimum atomic E-state index is -0.730. The van der Waals surface area contributed by atoms with E-state index in [1.165, 1.54) is 7.11 Å². The van der Waals surface area contributed by atoms with Crippen molar-refractivity contribution >= 4 is 5.97 Å². The van der Waals surface area contributed by atoms with Crippen LogP contribution in [0.5, 0.6) is 0 Å². The number of unbranched alkanes of at least 4 members (excludes halogenated alkanes) is 3. The molecule has 1 fully saturated rings. The van der Waals surface area contributed by atoms with Crippen molar-refractivity contribution in [2.75, 3.05) is 7.11 Å². The highest BCUT2D eigenvalue weighted by molar-refractivity contribution is 5.69. The summed E-state index contributed by atoms with van der Waals surface area (Å²) in [6.45, 7) is 2.10. The summed E-state index contributed by atoms with van der Waals surface area (Å²) in [4.78, 5) is 30.4. The molecule has 0 aromatic rings. The SMILES string of the molecule is CCCCCC(/C=C/C(OO)C1CC(/C=C/C=C/CCCC(=O)OC)OO1)OO. The number of hydrogen-bond donors (Lipinski definition) is 2. The summed E-state index contributed by atoms with van der Waals surface area (Å²) in [6, 6.07) is 0. The van der Waals surface area contributed by atoms with Crippen molar-refractivity contribution in [1.82, 2.24) is 0 Å². The molecule has 4 atom stereocenters. The van der Waals surface area contributed by atoms with E-state index in [1.54, 1.807) is 12.2 Å². The smallest absolute Gasteiger partial charge is 0.305 e. The standard InChI is InChI=1S/C21H34O8/c1-3-4-8-11-17(26-23)14-15-19(27-24)20-16-18(28-29-20)12-9-6-5-7-10-13-21(22)25-2/h5-6,9,12,14-15,17-20,23-24H,3-4,7-8,10-11,13,16H2,1-2H3/b6-5+,12-9+,15-14+. The molecule has 1 aliphatic heterocycles. The van der Waals surface area contributed by atoms with Gasteiger partial charge in [-0.15, -0.1) is 0 Å². The van der Waals surface area contributed by atoms with Gasteiger partial charge in [0, 0.05) is 12.8 Å². The molecule has 4 unspecified atom stereocenters. The fourth-order valence-electron chi connectivity index (χ4n) is 2.82. The highest BCUT2D eigenvalue weighted by Crippen LogP contribution is 2.23. The summed E-state index contributed by atoms with van der Waals surface area (Å²) in [5.41, 5.74) is 0. The Morgan fingerprint density at radius 2 is 1.97 bits per heavy atom. The first-order valence-corrected chi connectivity index (χ1v) is 10.2. The van der Waals surface area contributed by atoms with Crippen LogP contribution in [-0.2, 0) is 29.1 Å². The van der Waals surface area contributed by atoms with E-state index in [2.05, 4.69) is 21.4 Å². The molecule has 0 aliphatic carbocycles. The second kappa shape index (κ2) is 16.3. The molecule has 8 heteroatoms. The fourth-order valence-corrected chi connectivity index (χ4v) is 2.82. The average Bonchev–Trinajstić information content (AvgIpc) is 3.20. The van der Waals surface area contributed by atoms with Crippen LogP contribution >= 0.6 is 0 Å². The lowest BCUT2D eigenvalue weighted by Gasteiger charge is -2.15. The summed E-state index contributed by atoms with van der Waals surface area (Å²) in [6.07, 6.45) is 15.0. The van der Waals surface area contributed by atoms with Crippen LogP contribution in [0.15, 0.2) is 36.5 Å². The molecule has 0 amide bonds. The molecule has 0 saturated carbocycles. The Balaban J connectivity index is 2.36. The van der Waals surface area contributed by atoms with Crippen LogP contribution in [0.2, 0.25) is 0 Å². The van der Waals surface area contributed by atoms with Crippen LogP contribution < -0.4 is 0 Å². The summed E-state index contributed by atoms with van der Waals surface area (Å²) in [5, 5.41) is 18.2. The van der Waals surface area contributed by atoms with E-state index in [9.17, 15) is 10.1 Å². The number of esters is 1. The van der Waals surface area contributed by atoms with E-state index in [0.717, 1.165) is 32.1 Å². The van der Waals surface area contributed by atoms with Crippen molar-refractivity contribution in [3.05, 3.63) is 36.5 Å². The second-order valence-electron chi connectivity index (χ2n) is 6.88. The highest BCUT2D eigenvalue weighted by atomic mass is 17.2. The van der Waals surface area contributed by atoms with Gasteiger partial charge in [-0.3, -0.25) is 15.3 Å². The number of allylic oxidation sites excluding steroid dienone is 3. The van der Waals surface area contributed by atoms with Gasteiger partial charge < -0.3 is 4.74 Å². The monoisotopic (exact) mass is 414 g/mol. The normalized spacial score (nSPS) is 22.1. The van der Waals surface area contributed by atoms with Crippen LogP contribution in [-0.4, -0.2) is 48.0 Å². The molecular weight excluding hydrogens is 380 g/mol. The highest BCUT2D eigenvalue weighted by Gasteiger charge is 2.32. The van der Waals surface area contributed by atoms with Gasteiger partial charge in [0.25, 0.3) is 0 Å². The number of hydrogen-bond acceptors (Lipinski definition) is 8. The van der Waals surface area contributed by atoms with Crippen molar-refractivity contribution < 1.29 is 39.6 Å². The zero-order valence-corrected chi connectivity index (χ0v) is 17.3. The lowest BCUT2D eigenvalue weighted by molar-refractivity contribution is -0.339. The summed E-state index contributed by atoms with van der Waals surface area (Å²) >= 11 is 0. The van der Waals surface area contributed by atoms with Gasteiger partial charge in [-0.1, -0.05) is 62.6 Å². The fraction of sp³-hybridized carbons (Fsp3) is 0.667. The van der Waals surface area contributed by atoms with E-state index in [1.807, 2.05) is 24.3 Å². The predicted molar refractivity (Wildman–Crippen MR) is 107 cm³/mol. The molecule has 29 heavy (non-hydrogen) atoms. The first kappa shape index (κ1) is 25.5. The van der Waals surface area contributed by atoms with Crippen molar-refractivity contribution in [1.29, 1.82) is 0 Å². The van der Waals surface area contributed by atoms with Crippen molar-refractivity contribution in [3.63, 3.8) is 0 Å².